The van der Waals surface area contributed by atoms with E-state index >= 15 is 0 Å². The number of hydrogen-bond acceptors (Lipinski definition) is 5. The lowest BCUT2D eigenvalue weighted by Crippen LogP contribution is -2.49. The molecule has 1 aliphatic heterocycles. The van der Waals surface area contributed by atoms with Crippen LogP contribution in [0, 0.1) is 5.82 Å². The molecule has 1 N–H and O–H groups in total. The number of ether oxygens (including phenoxy) is 1. The first-order valence-electron chi connectivity index (χ1n) is 10.3. The summed E-state index contributed by atoms with van der Waals surface area (Å²) < 4.78 is 45.7. The Hall–Kier alpha value is -2.65. The van der Waals surface area contributed by atoms with Crippen molar-refractivity contribution in [1.82, 2.24) is 9.62 Å². The fraction of sp³-hybridized carbons (Fsp3) is 0.409. The molecule has 7 nitrogen and oxygen atoms in total. The maximum absolute atomic E-state index is 13.9. The maximum Gasteiger partial charge on any atom is 0.224 e. The molecule has 2 aromatic rings. The number of anilines is 1. The highest BCUT2D eigenvalue weighted by molar-refractivity contribution is 7.89. The summed E-state index contributed by atoms with van der Waals surface area (Å²) in [5, 5.41) is 2.77. The summed E-state index contributed by atoms with van der Waals surface area (Å²) in [6, 6.07) is 13.7. The van der Waals surface area contributed by atoms with Gasteiger partial charge in [0.1, 0.15) is 11.6 Å². The topological polar surface area (TPSA) is 78.9 Å². The average molecular weight is 450 g/mol. The SMILES string of the molecule is COc1ccc(CC(=O)NCCCS(=O)(=O)N2CCN(c3ccccc3F)CC2)cc1. The van der Waals surface area contributed by atoms with E-state index < -0.39 is 10.0 Å². The van der Waals surface area contributed by atoms with E-state index in [0.717, 1.165) is 11.3 Å². The highest BCUT2D eigenvalue weighted by Crippen LogP contribution is 2.21. The number of hydrogen-bond donors (Lipinski definition) is 1. The van der Waals surface area contributed by atoms with Gasteiger partial charge in [0.15, 0.2) is 0 Å². The molecule has 0 atom stereocenters. The number of piperazine rings is 1. The second-order valence-electron chi connectivity index (χ2n) is 7.38. The molecule has 1 fully saturated rings. The molecule has 0 spiro atoms. The lowest BCUT2D eigenvalue weighted by Gasteiger charge is -2.35. The first-order valence-corrected chi connectivity index (χ1v) is 11.9. The molecule has 2 aromatic carbocycles. The van der Waals surface area contributed by atoms with Gasteiger partial charge in [-0.15, -0.1) is 0 Å². The van der Waals surface area contributed by atoms with Crippen LogP contribution in [0.3, 0.4) is 0 Å². The van der Waals surface area contributed by atoms with Gasteiger partial charge in [0.05, 0.1) is 25.0 Å². The van der Waals surface area contributed by atoms with Gasteiger partial charge < -0.3 is 15.0 Å². The Morgan fingerprint density at radius 3 is 2.39 bits per heavy atom. The molecular formula is C22H28FN3O4S. The van der Waals surface area contributed by atoms with Crippen LogP contribution in [-0.2, 0) is 21.2 Å². The van der Waals surface area contributed by atoms with Crippen LogP contribution in [0.25, 0.3) is 0 Å². The molecule has 168 valence electrons. The molecule has 0 aliphatic carbocycles. The van der Waals surface area contributed by atoms with Crippen LogP contribution in [0.4, 0.5) is 10.1 Å². The van der Waals surface area contributed by atoms with E-state index in [2.05, 4.69) is 5.32 Å². The van der Waals surface area contributed by atoms with Crippen molar-refractivity contribution in [2.45, 2.75) is 12.8 Å². The number of sulfonamides is 1. The van der Waals surface area contributed by atoms with Gasteiger partial charge >= 0.3 is 0 Å². The number of nitrogens with one attached hydrogen (secondary N) is 1. The molecule has 0 radical (unpaired) electrons. The second kappa shape index (κ2) is 10.6. The smallest absolute Gasteiger partial charge is 0.224 e. The molecule has 0 aromatic heterocycles. The Morgan fingerprint density at radius 1 is 1.06 bits per heavy atom. The Balaban J connectivity index is 1.39. The first kappa shape index (κ1) is 23.0. The third-order valence-corrected chi connectivity index (χ3v) is 7.21. The highest BCUT2D eigenvalue weighted by atomic mass is 32.2. The maximum atomic E-state index is 13.9. The second-order valence-corrected chi connectivity index (χ2v) is 9.47. The number of amides is 1. The third-order valence-electron chi connectivity index (χ3n) is 5.25. The van der Waals surface area contributed by atoms with Crippen molar-refractivity contribution in [1.29, 1.82) is 0 Å². The summed E-state index contributed by atoms with van der Waals surface area (Å²) in [6.45, 7) is 1.82. The zero-order valence-corrected chi connectivity index (χ0v) is 18.4. The number of nitrogens with zero attached hydrogens (tertiary/aromatic N) is 2. The van der Waals surface area contributed by atoms with Crippen molar-refractivity contribution in [3.8, 4) is 5.75 Å². The van der Waals surface area contributed by atoms with Gasteiger partial charge in [0.2, 0.25) is 15.9 Å². The minimum atomic E-state index is -3.42. The zero-order valence-electron chi connectivity index (χ0n) is 17.6. The molecule has 0 unspecified atom stereocenters. The number of methoxy groups -OCH3 is 1. The van der Waals surface area contributed by atoms with Gasteiger partial charge in [-0.25, -0.2) is 12.8 Å². The summed E-state index contributed by atoms with van der Waals surface area (Å²) in [5.41, 5.74) is 1.36. The fourth-order valence-electron chi connectivity index (χ4n) is 3.52. The lowest BCUT2D eigenvalue weighted by atomic mass is 10.1. The molecule has 0 saturated carbocycles. The van der Waals surface area contributed by atoms with Crippen molar-refractivity contribution >= 4 is 21.6 Å². The quantitative estimate of drug-likeness (QED) is 0.593. The molecule has 1 aliphatic rings. The molecule has 1 heterocycles. The number of carbonyl (C=O) groups excluding carboxylic acids is 1. The first-order chi connectivity index (χ1) is 14.9. The number of benzene rings is 2. The summed E-state index contributed by atoms with van der Waals surface area (Å²) in [5.74, 6) is 0.240. The highest BCUT2D eigenvalue weighted by Gasteiger charge is 2.27. The number of rotatable bonds is 9. The van der Waals surface area contributed by atoms with Gasteiger partial charge in [-0.3, -0.25) is 4.79 Å². The molecule has 9 heteroatoms. The summed E-state index contributed by atoms with van der Waals surface area (Å²) in [6.07, 6.45) is 0.568. The van der Waals surface area contributed by atoms with Gasteiger partial charge in [0.25, 0.3) is 0 Å². The zero-order chi connectivity index (χ0) is 22.3. The van der Waals surface area contributed by atoms with Crippen molar-refractivity contribution in [3.63, 3.8) is 0 Å². The Bertz CT molecular complexity index is 975. The standard InChI is InChI=1S/C22H28FN3O4S/c1-30-19-9-7-18(8-10-19)17-22(27)24-11-4-16-31(28,29)26-14-12-25(13-15-26)21-6-3-2-5-20(21)23/h2-3,5-10H,4,11-17H2,1H3,(H,24,27). The monoisotopic (exact) mass is 449 g/mol. The van der Waals surface area contributed by atoms with Crippen molar-refractivity contribution in [2.24, 2.45) is 0 Å². The summed E-state index contributed by atoms with van der Waals surface area (Å²) in [4.78, 5) is 13.9. The van der Waals surface area contributed by atoms with Crippen molar-refractivity contribution < 1.29 is 22.3 Å². The molecular weight excluding hydrogens is 421 g/mol. The van der Waals surface area contributed by atoms with Crippen LogP contribution >= 0.6 is 0 Å². The van der Waals surface area contributed by atoms with E-state index in [1.54, 1.807) is 37.4 Å². The van der Waals surface area contributed by atoms with E-state index in [-0.39, 0.29) is 23.9 Å². The Labute approximate surface area is 182 Å². The summed E-state index contributed by atoms with van der Waals surface area (Å²) in [7, 11) is -1.83. The van der Waals surface area contributed by atoms with Crippen LogP contribution in [0.15, 0.2) is 48.5 Å². The predicted octanol–water partition coefficient (Wildman–Crippen LogP) is 2.04. The number of halogens is 1. The Kier molecular flexibility index (Phi) is 7.86. The minimum absolute atomic E-state index is 0.0322. The Morgan fingerprint density at radius 2 is 1.74 bits per heavy atom. The van der Waals surface area contributed by atoms with E-state index in [4.69, 9.17) is 4.74 Å². The van der Waals surface area contributed by atoms with Crippen LogP contribution in [-0.4, -0.2) is 64.2 Å². The third kappa shape index (κ3) is 6.41. The van der Waals surface area contributed by atoms with Crippen LogP contribution in [0.2, 0.25) is 0 Å². The normalized spacial score (nSPS) is 15.0. The number of carbonyl (C=O) groups is 1. The van der Waals surface area contributed by atoms with Gasteiger partial charge in [-0.1, -0.05) is 24.3 Å². The number of para-hydroxylation sites is 1. The minimum Gasteiger partial charge on any atom is -0.497 e. The molecule has 1 amide bonds. The van der Waals surface area contributed by atoms with Crippen LogP contribution in [0.5, 0.6) is 5.75 Å². The van der Waals surface area contributed by atoms with Crippen molar-refractivity contribution in [2.75, 3.05) is 50.5 Å². The molecule has 1 saturated heterocycles. The molecule has 31 heavy (non-hydrogen) atoms. The van der Waals surface area contributed by atoms with Crippen LogP contribution in [0.1, 0.15) is 12.0 Å². The van der Waals surface area contributed by atoms with Gasteiger partial charge in [0, 0.05) is 32.7 Å². The van der Waals surface area contributed by atoms with Crippen molar-refractivity contribution in [3.05, 3.63) is 59.9 Å². The van der Waals surface area contributed by atoms with E-state index in [0.29, 0.717) is 44.8 Å². The van der Waals surface area contributed by atoms with E-state index in [9.17, 15) is 17.6 Å². The van der Waals surface area contributed by atoms with Crippen LogP contribution < -0.4 is 15.0 Å². The fourth-order valence-corrected chi connectivity index (χ4v) is 5.01. The van der Waals surface area contributed by atoms with Gasteiger partial charge in [-0.05, 0) is 36.2 Å². The predicted molar refractivity (Wildman–Crippen MR) is 118 cm³/mol. The largest absolute Gasteiger partial charge is 0.497 e. The lowest BCUT2D eigenvalue weighted by molar-refractivity contribution is -0.120. The van der Waals surface area contributed by atoms with Gasteiger partial charge in [-0.2, -0.15) is 4.31 Å². The molecule has 0 bridgehead atoms. The van der Waals surface area contributed by atoms with E-state index in [1.807, 2.05) is 17.0 Å². The van der Waals surface area contributed by atoms with E-state index in [1.165, 1.54) is 10.4 Å². The average Bonchev–Trinajstić information content (AvgIpc) is 2.78. The molecule has 3 rings (SSSR count). The summed E-state index contributed by atoms with van der Waals surface area (Å²) >= 11 is 0.